The van der Waals surface area contributed by atoms with Gasteiger partial charge in [0, 0.05) is 12.8 Å². The van der Waals surface area contributed by atoms with Crippen molar-refractivity contribution in [2.75, 3.05) is 10.3 Å². The fourth-order valence-corrected chi connectivity index (χ4v) is 6.01. The number of aliphatic imine (C=N–C) groups is 1. The Hall–Kier alpha value is -4.57. The van der Waals surface area contributed by atoms with Crippen molar-refractivity contribution in [1.29, 1.82) is 5.26 Å². The largest absolute Gasteiger partial charge is 0.506 e. The molecule has 1 aromatic carbocycles. The van der Waals surface area contributed by atoms with E-state index in [2.05, 4.69) is 28.9 Å². The monoisotopic (exact) mass is 651 g/mol. The highest BCUT2D eigenvalue weighted by Crippen LogP contribution is 2.42. The van der Waals surface area contributed by atoms with Crippen LogP contribution in [0.25, 0.3) is 5.70 Å². The first-order valence-electron chi connectivity index (χ1n) is 14.9. The van der Waals surface area contributed by atoms with Gasteiger partial charge in [-0.25, -0.2) is 19.6 Å². The maximum atomic E-state index is 12.9. The molecular weight excluding hydrogens is 615 g/mol. The summed E-state index contributed by atoms with van der Waals surface area (Å²) >= 11 is 5.57. The number of hydrogen-bond donors (Lipinski definition) is 2. The third-order valence-corrected chi connectivity index (χ3v) is 8.19. The molecule has 0 saturated heterocycles. The lowest BCUT2D eigenvalue weighted by atomic mass is 9.71. The van der Waals surface area contributed by atoms with Gasteiger partial charge in [0.25, 0.3) is 0 Å². The van der Waals surface area contributed by atoms with E-state index in [0.29, 0.717) is 34.3 Å². The summed E-state index contributed by atoms with van der Waals surface area (Å²) < 4.78 is 38.7. The van der Waals surface area contributed by atoms with Crippen LogP contribution in [0, 0.1) is 25.2 Å². The number of alkyl halides is 3. The molecule has 1 saturated carbocycles. The number of nitriles is 1. The van der Waals surface area contributed by atoms with Gasteiger partial charge in [-0.2, -0.15) is 18.4 Å². The number of pyridine rings is 1. The van der Waals surface area contributed by atoms with Gasteiger partial charge >= 0.3 is 6.18 Å². The number of amidine groups is 1. The molecule has 242 valence electrons. The van der Waals surface area contributed by atoms with Crippen LogP contribution in [0.15, 0.2) is 41.9 Å². The number of Topliss-reactive ketones (excluding diaryl/α,β-unsaturated/α-hetero) is 1. The quantitative estimate of drug-likeness (QED) is 0.258. The van der Waals surface area contributed by atoms with E-state index in [-0.39, 0.29) is 22.8 Å². The lowest BCUT2D eigenvalue weighted by Gasteiger charge is -2.49. The third kappa shape index (κ3) is 6.53. The maximum absolute atomic E-state index is 12.9. The number of nitrogens with zero attached hydrogens (tertiary/aromatic N) is 6. The number of aromatic hydroxyl groups is 1. The van der Waals surface area contributed by atoms with Crippen LogP contribution in [-0.4, -0.2) is 41.9 Å². The first-order valence-corrected chi connectivity index (χ1v) is 15.3. The summed E-state index contributed by atoms with van der Waals surface area (Å²) in [7, 11) is 0. The number of benzene rings is 1. The Kier molecular flexibility index (Phi) is 10.0. The van der Waals surface area contributed by atoms with Gasteiger partial charge in [0.05, 0.1) is 33.6 Å². The molecule has 2 N–H and O–H groups in total. The summed E-state index contributed by atoms with van der Waals surface area (Å²) in [5.41, 5.74) is 4.35. The number of carbonyl (C=O) groups excluding carboxylic acids is 1. The standard InChI is InChI=1S/C24H30N6O2S.C9H6F3N/c1-6-9-20-25-14(3)22-15(4)26-23(28-30(20)22)21-17(31)10-11-19(27-21)29(16(5)33)24(12-8-13-24)18(32)7-2;1-6-2-3-7(5-13)8(4-6)9(10,11)12/h10-11,31H,4,6-9,12-13H2,1-3,5H3,(H,26,28);2-4H,1H3. The fourth-order valence-electron chi connectivity index (χ4n) is 5.74. The molecule has 2 aromatic heterocycles. The highest BCUT2D eigenvalue weighted by Gasteiger charge is 2.49. The van der Waals surface area contributed by atoms with Gasteiger partial charge in [-0.05, 0) is 70.7 Å². The maximum Gasteiger partial charge on any atom is 0.417 e. The number of nitrogens with one attached hydrogen (secondary N) is 1. The van der Waals surface area contributed by atoms with Gasteiger partial charge in [-0.1, -0.05) is 44.3 Å². The van der Waals surface area contributed by atoms with Crippen LogP contribution >= 0.6 is 12.2 Å². The highest BCUT2D eigenvalue weighted by atomic mass is 32.1. The number of thiocarbonyl (C=S) groups is 1. The number of imidazole rings is 1. The second kappa shape index (κ2) is 13.4. The smallest absolute Gasteiger partial charge is 0.417 e. The molecule has 46 heavy (non-hydrogen) atoms. The summed E-state index contributed by atoms with van der Waals surface area (Å²) in [4.78, 5) is 29.3. The molecule has 0 unspecified atom stereocenters. The molecule has 5 rings (SSSR count). The predicted molar refractivity (Wildman–Crippen MR) is 175 cm³/mol. The summed E-state index contributed by atoms with van der Waals surface area (Å²) in [5, 5.41) is 19.1. The van der Waals surface area contributed by atoms with Crippen molar-refractivity contribution in [1.82, 2.24) is 14.6 Å². The van der Waals surface area contributed by atoms with E-state index in [0.717, 1.165) is 55.4 Å². The van der Waals surface area contributed by atoms with E-state index in [1.54, 1.807) is 19.1 Å². The number of halogens is 3. The van der Waals surface area contributed by atoms with Crippen LogP contribution in [-0.2, 0) is 17.4 Å². The van der Waals surface area contributed by atoms with Gasteiger partial charge in [-0.3, -0.25) is 10.2 Å². The molecule has 0 bridgehead atoms. The minimum absolute atomic E-state index is 0.0263. The molecule has 0 radical (unpaired) electrons. The zero-order valence-electron chi connectivity index (χ0n) is 26.4. The number of hydrogen-bond acceptors (Lipinski definition) is 8. The molecule has 0 atom stereocenters. The lowest BCUT2D eigenvalue weighted by molar-refractivity contribution is -0.137. The summed E-state index contributed by atoms with van der Waals surface area (Å²) in [5.74, 6) is 1.88. The average molecular weight is 652 g/mol. The Morgan fingerprint density at radius 3 is 2.46 bits per heavy atom. The number of rotatable bonds is 7. The second-order valence-electron chi connectivity index (χ2n) is 11.3. The van der Waals surface area contributed by atoms with Crippen molar-refractivity contribution < 1.29 is 23.1 Å². The molecule has 0 amide bonds. The SMILES string of the molecule is C=C1N=C(c2nc(N(C(C)=S)C3(C(=O)CC)CCC3)ccc2O)Nn2c(CCC)nc(C)c21.Cc1ccc(C#N)c(C(F)(F)F)c1. The van der Waals surface area contributed by atoms with Gasteiger partial charge in [0.1, 0.15) is 28.6 Å². The zero-order chi connectivity index (χ0) is 34.0. The molecule has 1 aliphatic carbocycles. The van der Waals surface area contributed by atoms with Crippen molar-refractivity contribution in [3.05, 3.63) is 76.5 Å². The molecule has 3 aromatic rings. The first-order chi connectivity index (χ1) is 21.7. The molecule has 1 aliphatic heterocycles. The molecule has 0 spiro atoms. The number of anilines is 1. The highest BCUT2D eigenvalue weighted by molar-refractivity contribution is 7.80. The Balaban J connectivity index is 0.000000310. The number of ketones is 1. The van der Waals surface area contributed by atoms with Crippen molar-refractivity contribution in [3.8, 4) is 11.8 Å². The average Bonchev–Trinajstić information content (AvgIpc) is 3.30. The minimum Gasteiger partial charge on any atom is -0.506 e. The fraction of sp³-hybridized carbons (Fsp3) is 0.394. The van der Waals surface area contributed by atoms with Gasteiger partial charge in [-0.15, -0.1) is 0 Å². The molecule has 3 heterocycles. The Morgan fingerprint density at radius 2 is 1.91 bits per heavy atom. The van der Waals surface area contributed by atoms with Crippen LogP contribution in [0.5, 0.6) is 5.75 Å². The van der Waals surface area contributed by atoms with Crippen molar-refractivity contribution in [3.63, 3.8) is 0 Å². The number of aryl methyl sites for hydroxylation is 3. The van der Waals surface area contributed by atoms with Gasteiger partial charge < -0.3 is 10.0 Å². The van der Waals surface area contributed by atoms with Gasteiger partial charge in [0.15, 0.2) is 17.3 Å². The van der Waals surface area contributed by atoms with Crippen molar-refractivity contribution >= 4 is 40.3 Å². The molecule has 2 aliphatic rings. The molecular formula is C33H36F3N7O2S. The van der Waals surface area contributed by atoms with E-state index < -0.39 is 17.3 Å². The van der Waals surface area contributed by atoms with E-state index in [4.69, 9.17) is 22.5 Å². The predicted octanol–water partition coefficient (Wildman–Crippen LogP) is 7.16. The van der Waals surface area contributed by atoms with E-state index >= 15 is 0 Å². The van der Waals surface area contributed by atoms with E-state index in [1.165, 1.54) is 18.2 Å². The lowest BCUT2D eigenvalue weighted by Crippen LogP contribution is -2.61. The molecule has 13 heteroatoms. The van der Waals surface area contributed by atoms with Gasteiger partial charge in [0.2, 0.25) is 0 Å². The summed E-state index contributed by atoms with van der Waals surface area (Å²) in [6.07, 6.45) is 0.142. The Labute approximate surface area is 271 Å². The third-order valence-electron chi connectivity index (χ3n) is 8.01. The first kappa shape index (κ1) is 34.3. The number of fused-ring (bicyclic) bond motifs is 1. The van der Waals surface area contributed by atoms with E-state index in [9.17, 15) is 23.1 Å². The van der Waals surface area contributed by atoms with Crippen LogP contribution in [0.3, 0.4) is 0 Å². The molecule has 1 fully saturated rings. The molecule has 9 nitrogen and oxygen atoms in total. The van der Waals surface area contributed by atoms with E-state index in [1.807, 2.05) is 30.3 Å². The Morgan fingerprint density at radius 1 is 1.22 bits per heavy atom. The van der Waals surface area contributed by atoms with Crippen LogP contribution in [0.1, 0.15) is 92.5 Å². The number of aromatic nitrogens is 3. The summed E-state index contributed by atoms with van der Waals surface area (Å²) in [6.45, 7) is 13.4. The van der Waals surface area contributed by atoms with Crippen LogP contribution in [0.4, 0.5) is 19.0 Å². The second-order valence-corrected chi connectivity index (χ2v) is 11.9. The minimum atomic E-state index is -4.45. The van der Waals surface area contributed by atoms with Crippen LogP contribution in [0.2, 0.25) is 0 Å². The number of carbonyl (C=O) groups is 1. The van der Waals surface area contributed by atoms with Crippen LogP contribution < -0.4 is 10.3 Å². The zero-order valence-corrected chi connectivity index (χ0v) is 27.2. The van der Waals surface area contributed by atoms with Crippen molar-refractivity contribution in [2.24, 2.45) is 4.99 Å². The Bertz CT molecular complexity index is 1770. The topological polar surface area (TPSA) is 119 Å². The summed E-state index contributed by atoms with van der Waals surface area (Å²) in [6, 6.07) is 8.41. The normalized spacial score (nSPS) is 14.8. The van der Waals surface area contributed by atoms with Crippen molar-refractivity contribution in [2.45, 2.75) is 84.9 Å².